The minimum Gasteiger partial charge on any atom is -0.480 e. The minimum absolute atomic E-state index is 0.0375. The molecular formula is C13H22N2O4. The summed E-state index contributed by atoms with van der Waals surface area (Å²) in [6.07, 6.45) is 3.33. The molecule has 2 heterocycles. The van der Waals surface area contributed by atoms with Crippen LogP contribution in [0.2, 0.25) is 0 Å². The van der Waals surface area contributed by atoms with E-state index in [0.717, 1.165) is 32.2 Å². The third-order valence-electron chi connectivity index (χ3n) is 4.01. The quantitative estimate of drug-likeness (QED) is 0.764. The Labute approximate surface area is 113 Å². The predicted molar refractivity (Wildman–Crippen MR) is 68.8 cm³/mol. The maximum atomic E-state index is 12.4. The predicted octanol–water partition coefficient (Wildman–Crippen LogP) is 0.221. The van der Waals surface area contributed by atoms with Gasteiger partial charge in [-0.05, 0) is 39.2 Å². The van der Waals surface area contributed by atoms with Crippen molar-refractivity contribution in [2.45, 2.75) is 44.2 Å². The number of ether oxygens (including phenoxy) is 1. The van der Waals surface area contributed by atoms with Crippen molar-refractivity contribution in [3.63, 3.8) is 0 Å². The van der Waals surface area contributed by atoms with E-state index in [1.807, 2.05) is 11.8 Å². The lowest BCUT2D eigenvalue weighted by Crippen LogP contribution is -2.55. The first-order chi connectivity index (χ1) is 9.01. The standard InChI is InChI=1S/C13H22N2O4/c1-13(5-2-6-14-13)12(18)15-7-3-10(4-8-15)19-9-11(16)17/h10,14H,2-9H2,1H3,(H,16,17). The minimum atomic E-state index is -0.943. The molecule has 108 valence electrons. The molecule has 0 aromatic heterocycles. The number of nitrogens with zero attached hydrogens (tertiary/aromatic N) is 1. The summed E-state index contributed by atoms with van der Waals surface area (Å²) in [5.74, 6) is -0.775. The molecule has 0 spiro atoms. The molecule has 0 aliphatic carbocycles. The number of rotatable bonds is 4. The molecule has 0 radical (unpaired) electrons. The van der Waals surface area contributed by atoms with Crippen LogP contribution in [-0.4, -0.2) is 59.8 Å². The zero-order valence-corrected chi connectivity index (χ0v) is 11.4. The Morgan fingerprint density at radius 2 is 2.11 bits per heavy atom. The van der Waals surface area contributed by atoms with Gasteiger partial charge in [-0.1, -0.05) is 0 Å². The topological polar surface area (TPSA) is 78.9 Å². The normalized spacial score (nSPS) is 28.6. The summed E-state index contributed by atoms with van der Waals surface area (Å²) < 4.78 is 5.27. The van der Waals surface area contributed by atoms with E-state index in [4.69, 9.17) is 9.84 Å². The molecule has 2 saturated heterocycles. The van der Waals surface area contributed by atoms with Crippen LogP contribution in [-0.2, 0) is 14.3 Å². The Morgan fingerprint density at radius 1 is 1.42 bits per heavy atom. The molecule has 2 aliphatic rings. The molecular weight excluding hydrogens is 248 g/mol. The molecule has 1 amide bonds. The second kappa shape index (κ2) is 5.88. The Kier molecular flexibility index (Phi) is 4.42. The number of hydrogen-bond acceptors (Lipinski definition) is 4. The monoisotopic (exact) mass is 270 g/mol. The van der Waals surface area contributed by atoms with Gasteiger partial charge in [-0.2, -0.15) is 0 Å². The van der Waals surface area contributed by atoms with Crippen molar-refractivity contribution >= 4 is 11.9 Å². The number of carbonyl (C=O) groups is 2. The highest BCUT2D eigenvalue weighted by Gasteiger charge is 2.39. The van der Waals surface area contributed by atoms with Crippen LogP contribution in [0, 0.1) is 0 Å². The molecule has 0 bridgehead atoms. The fourth-order valence-corrected chi connectivity index (χ4v) is 2.84. The van der Waals surface area contributed by atoms with Gasteiger partial charge in [0.1, 0.15) is 6.61 Å². The van der Waals surface area contributed by atoms with E-state index in [-0.39, 0.29) is 18.6 Å². The maximum Gasteiger partial charge on any atom is 0.329 e. The molecule has 6 heteroatoms. The first kappa shape index (κ1) is 14.3. The van der Waals surface area contributed by atoms with E-state index in [1.54, 1.807) is 0 Å². The SMILES string of the molecule is CC1(C(=O)N2CCC(OCC(=O)O)CC2)CCCN1. The van der Waals surface area contributed by atoms with E-state index in [9.17, 15) is 9.59 Å². The van der Waals surface area contributed by atoms with Gasteiger partial charge in [0, 0.05) is 13.1 Å². The molecule has 2 fully saturated rings. The number of carboxylic acids is 1. The van der Waals surface area contributed by atoms with Crippen LogP contribution in [0.15, 0.2) is 0 Å². The summed E-state index contributed by atoms with van der Waals surface area (Å²) in [6, 6.07) is 0. The number of piperidine rings is 1. The lowest BCUT2D eigenvalue weighted by molar-refractivity contribution is -0.148. The van der Waals surface area contributed by atoms with Gasteiger partial charge in [-0.3, -0.25) is 4.79 Å². The zero-order chi connectivity index (χ0) is 13.9. The highest BCUT2D eigenvalue weighted by Crippen LogP contribution is 2.24. The lowest BCUT2D eigenvalue weighted by Gasteiger charge is -2.36. The lowest BCUT2D eigenvalue weighted by atomic mass is 9.96. The van der Waals surface area contributed by atoms with Gasteiger partial charge >= 0.3 is 5.97 Å². The summed E-state index contributed by atoms with van der Waals surface area (Å²) in [4.78, 5) is 24.7. The van der Waals surface area contributed by atoms with Gasteiger partial charge in [-0.15, -0.1) is 0 Å². The van der Waals surface area contributed by atoms with E-state index in [2.05, 4.69) is 5.32 Å². The van der Waals surface area contributed by atoms with Crippen LogP contribution in [0.1, 0.15) is 32.6 Å². The number of likely N-dealkylation sites (tertiary alicyclic amines) is 1. The van der Waals surface area contributed by atoms with Crippen molar-refractivity contribution in [2.75, 3.05) is 26.2 Å². The van der Waals surface area contributed by atoms with Gasteiger partial charge in [0.15, 0.2) is 0 Å². The highest BCUT2D eigenvalue weighted by molar-refractivity contribution is 5.86. The largest absolute Gasteiger partial charge is 0.480 e. The average Bonchev–Trinajstić information content (AvgIpc) is 2.84. The fourth-order valence-electron chi connectivity index (χ4n) is 2.84. The fraction of sp³-hybridized carbons (Fsp3) is 0.846. The van der Waals surface area contributed by atoms with Crippen molar-refractivity contribution in [2.24, 2.45) is 0 Å². The molecule has 1 atom stereocenters. The smallest absolute Gasteiger partial charge is 0.329 e. The summed E-state index contributed by atoms with van der Waals surface area (Å²) in [5, 5.41) is 11.8. The molecule has 2 aliphatic heterocycles. The van der Waals surface area contributed by atoms with Crippen LogP contribution >= 0.6 is 0 Å². The maximum absolute atomic E-state index is 12.4. The van der Waals surface area contributed by atoms with Crippen molar-refractivity contribution in [3.8, 4) is 0 Å². The Morgan fingerprint density at radius 3 is 2.63 bits per heavy atom. The first-order valence-electron chi connectivity index (χ1n) is 6.89. The van der Waals surface area contributed by atoms with E-state index >= 15 is 0 Å². The molecule has 6 nitrogen and oxygen atoms in total. The van der Waals surface area contributed by atoms with Gasteiger partial charge in [0.25, 0.3) is 0 Å². The van der Waals surface area contributed by atoms with Crippen molar-refractivity contribution in [3.05, 3.63) is 0 Å². The average molecular weight is 270 g/mol. The molecule has 0 aromatic rings. The summed E-state index contributed by atoms with van der Waals surface area (Å²) >= 11 is 0. The Bertz CT molecular complexity index is 345. The van der Waals surface area contributed by atoms with Crippen LogP contribution in [0.3, 0.4) is 0 Å². The second-order valence-electron chi connectivity index (χ2n) is 5.56. The van der Waals surface area contributed by atoms with Crippen LogP contribution in [0.5, 0.6) is 0 Å². The Balaban J connectivity index is 1.79. The van der Waals surface area contributed by atoms with Crippen molar-refractivity contribution < 1.29 is 19.4 Å². The third kappa shape index (κ3) is 3.45. The molecule has 2 N–H and O–H groups in total. The first-order valence-corrected chi connectivity index (χ1v) is 6.89. The zero-order valence-electron chi connectivity index (χ0n) is 11.4. The molecule has 19 heavy (non-hydrogen) atoms. The van der Waals surface area contributed by atoms with Crippen LogP contribution in [0.4, 0.5) is 0 Å². The number of nitrogens with one attached hydrogen (secondary N) is 1. The van der Waals surface area contributed by atoms with Gasteiger partial charge < -0.3 is 20.1 Å². The second-order valence-corrected chi connectivity index (χ2v) is 5.56. The summed E-state index contributed by atoms with van der Waals surface area (Å²) in [5.41, 5.74) is -0.408. The summed E-state index contributed by atoms with van der Waals surface area (Å²) in [6.45, 7) is 3.93. The van der Waals surface area contributed by atoms with Crippen molar-refractivity contribution in [1.29, 1.82) is 0 Å². The van der Waals surface area contributed by atoms with E-state index < -0.39 is 11.5 Å². The van der Waals surface area contributed by atoms with Crippen molar-refractivity contribution in [1.82, 2.24) is 10.2 Å². The molecule has 2 rings (SSSR count). The number of aliphatic carboxylic acids is 1. The molecule has 0 saturated carbocycles. The highest BCUT2D eigenvalue weighted by atomic mass is 16.5. The number of carboxylic acid groups (broad SMARTS) is 1. The summed E-state index contributed by atoms with van der Waals surface area (Å²) in [7, 11) is 0. The molecule has 0 aromatic carbocycles. The molecule has 1 unspecified atom stereocenters. The van der Waals surface area contributed by atoms with Crippen LogP contribution in [0.25, 0.3) is 0 Å². The van der Waals surface area contributed by atoms with Gasteiger partial charge in [0.2, 0.25) is 5.91 Å². The Hall–Kier alpha value is -1.14. The van der Waals surface area contributed by atoms with Gasteiger partial charge in [-0.25, -0.2) is 4.79 Å². The number of carbonyl (C=O) groups excluding carboxylic acids is 1. The number of amides is 1. The number of hydrogen-bond donors (Lipinski definition) is 2. The van der Waals surface area contributed by atoms with Gasteiger partial charge in [0.05, 0.1) is 11.6 Å². The third-order valence-corrected chi connectivity index (χ3v) is 4.01. The van der Waals surface area contributed by atoms with E-state index in [1.165, 1.54) is 0 Å². The van der Waals surface area contributed by atoms with E-state index in [0.29, 0.717) is 13.1 Å². The van der Waals surface area contributed by atoms with Crippen LogP contribution < -0.4 is 5.32 Å².